The maximum Gasteiger partial charge on any atom is 0.225 e. The average molecular weight is 281 g/mol. The zero-order valence-corrected chi connectivity index (χ0v) is 12.1. The second-order valence-corrected chi connectivity index (χ2v) is 5.99. The smallest absolute Gasteiger partial charge is 0.225 e. The Balaban J connectivity index is 1.76. The standard InChI is InChI=1S/C13H19N3O2S/c1-9(2)16-8-10(7-12(16)17)13(18)15-4-3-11-14-5-6-19-11/h5-6,9-10H,3-4,7-8H2,1-2H3,(H,15,18)/t10-/m0/s1. The van der Waals surface area contributed by atoms with E-state index in [0.29, 0.717) is 19.5 Å². The van der Waals surface area contributed by atoms with Crippen LogP contribution in [-0.2, 0) is 16.0 Å². The van der Waals surface area contributed by atoms with Crippen LogP contribution in [0.4, 0.5) is 0 Å². The predicted molar refractivity (Wildman–Crippen MR) is 73.8 cm³/mol. The van der Waals surface area contributed by atoms with E-state index in [1.807, 2.05) is 19.2 Å². The van der Waals surface area contributed by atoms with E-state index in [2.05, 4.69) is 10.3 Å². The number of nitrogens with zero attached hydrogens (tertiary/aromatic N) is 2. The van der Waals surface area contributed by atoms with Crippen molar-refractivity contribution < 1.29 is 9.59 Å². The van der Waals surface area contributed by atoms with Gasteiger partial charge in [0.05, 0.1) is 10.9 Å². The van der Waals surface area contributed by atoms with Crippen LogP contribution in [0.3, 0.4) is 0 Å². The molecule has 1 aliphatic heterocycles. The number of hydrogen-bond acceptors (Lipinski definition) is 4. The van der Waals surface area contributed by atoms with E-state index in [0.717, 1.165) is 11.4 Å². The molecule has 1 fully saturated rings. The molecule has 0 unspecified atom stereocenters. The van der Waals surface area contributed by atoms with Crippen molar-refractivity contribution in [2.24, 2.45) is 5.92 Å². The van der Waals surface area contributed by atoms with Gasteiger partial charge in [-0.3, -0.25) is 9.59 Å². The minimum absolute atomic E-state index is 0.0203. The van der Waals surface area contributed by atoms with E-state index in [1.54, 1.807) is 22.4 Å². The monoisotopic (exact) mass is 281 g/mol. The number of hydrogen-bond donors (Lipinski definition) is 1. The van der Waals surface area contributed by atoms with E-state index in [9.17, 15) is 9.59 Å². The third-order valence-electron chi connectivity index (χ3n) is 3.27. The molecule has 1 aliphatic rings. The topological polar surface area (TPSA) is 62.3 Å². The summed E-state index contributed by atoms with van der Waals surface area (Å²) in [7, 11) is 0. The van der Waals surface area contributed by atoms with Crippen LogP contribution in [0.5, 0.6) is 0 Å². The molecule has 1 aromatic rings. The second kappa shape index (κ2) is 6.14. The molecule has 0 aliphatic carbocycles. The van der Waals surface area contributed by atoms with Crippen molar-refractivity contribution in [2.45, 2.75) is 32.7 Å². The van der Waals surface area contributed by atoms with Gasteiger partial charge in [0.25, 0.3) is 0 Å². The molecular weight excluding hydrogens is 262 g/mol. The van der Waals surface area contributed by atoms with Gasteiger partial charge in [-0.15, -0.1) is 11.3 Å². The summed E-state index contributed by atoms with van der Waals surface area (Å²) >= 11 is 1.59. The van der Waals surface area contributed by atoms with Crippen LogP contribution in [0.25, 0.3) is 0 Å². The fourth-order valence-corrected chi connectivity index (χ4v) is 2.84. The highest BCUT2D eigenvalue weighted by Crippen LogP contribution is 2.20. The molecule has 2 rings (SSSR count). The molecule has 2 amide bonds. The minimum atomic E-state index is -0.203. The van der Waals surface area contributed by atoms with Gasteiger partial charge >= 0.3 is 0 Å². The molecule has 5 nitrogen and oxygen atoms in total. The number of carbonyl (C=O) groups excluding carboxylic acids is 2. The van der Waals surface area contributed by atoms with E-state index in [1.165, 1.54) is 0 Å². The zero-order valence-electron chi connectivity index (χ0n) is 11.3. The van der Waals surface area contributed by atoms with Crippen molar-refractivity contribution in [3.8, 4) is 0 Å². The molecule has 1 saturated heterocycles. The van der Waals surface area contributed by atoms with Crippen LogP contribution >= 0.6 is 11.3 Å². The molecule has 6 heteroatoms. The van der Waals surface area contributed by atoms with Gasteiger partial charge in [0.2, 0.25) is 11.8 Å². The molecule has 1 atom stereocenters. The summed E-state index contributed by atoms with van der Waals surface area (Å²) in [6, 6.07) is 0.167. The lowest BCUT2D eigenvalue weighted by Gasteiger charge is -2.20. The van der Waals surface area contributed by atoms with Gasteiger partial charge in [0.1, 0.15) is 0 Å². The first-order valence-corrected chi connectivity index (χ1v) is 7.41. The Bertz CT molecular complexity index is 445. The Labute approximate surface area is 117 Å². The summed E-state index contributed by atoms with van der Waals surface area (Å²) in [6.07, 6.45) is 2.84. The van der Waals surface area contributed by atoms with Gasteiger partial charge in [-0.1, -0.05) is 0 Å². The predicted octanol–water partition coefficient (Wildman–Crippen LogP) is 1.06. The lowest BCUT2D eigenvalue weighted by atomic mass is 10.1. The molecule has 1 N–H and O–H groups in total. The summed E-state index contributed by atoms with van der Waals surface area (Å²) < 4.78 is 0. The fraction of sp³-hybridized carbons (Fsp3) is 0.615. The van der Waals surface area contributed by atoms with Crippen molar-refractivity contribution in [2.75, 3.05) is 13.1 Å². The van der Waals surface area contributed by atoms with Gasteiger partial charge in [-0.05, 0) is 13.8 Å². The number of likely N-dealkylation sites (tertiary alicyclic amines) is 1. The first kappa shape index (κ1) is 14.0. The number of carbonyl (C=O) groups is 2. The van der Waals surface area contributed by atoms with Crippen molar-refractivity contribution in [1.82, 2.24) is 15.2 Å². The Hall–Kier alpha value is -1.43. The highest BCUT2D eigenvalue weighted by Gasteiger charge is 2.35. The average Bonchev–Trinajstić information content (AvgIpc) is 2.98. The van der Waals surface area contributed by atoms with Crippen LogP contribution in [0.15, 0.2) is 11.6 Å². The van der Waals surface area contributed by atoms with Crippen LogP contribution in [0.2, 0.25) is 0 Å². The van der Waals surface area contributed by atoms with Crippen LogP contribution < -0.4 is 5.32 Å². The van der Waals surface area contributed by atoms with Crippen molar-refractivity contribution in [3.63, 3.8) is 0 Å². The molecule has 104 valence electrons. The van der Waals surface area contributed by atoms with Crippen LogP contribution in [0, 0.1) is 5.92 Å². The van der Waals surface area contributed by atoms with Gasteiger partial charge in [0.15, 0.2) is 0 Å². The molecule has 19 heavy (non-hydrogen) atoms. The third-order valence-corrected chi connectivity index (χ3v) is 4.11. The van der Waals surface area contributed by atoms with Crippen molar-refractivity contribution in [3.05, 3.63) is 16.6 Å². The van der Waals surface area contributed by atoms with E-state index in [4.69, 9.17) is 0 Å². The highest BCUT2D eigenvalue weighted by atomic mass is 32.1. The van der Waals surface area contributed by atoms with Gasteiger partial charge in [-0.25, -0.2) is 4.98 Å². The van der Waals surface area contributed by atoms with E-state index in [-0.39, 0.29) is 23.8 Å². The van der Waals surface area contributed by atoms with Gasteiger partial charge < -0.3 is 10.2 Å². The minimum Gasteiger partial charge on any atom is -0.355 e. The maximum atomic E-state index is 12.0. The van der Waals surface area contributed by atoms with Crippen molar-refractivity contribution >= 4 is 23.2 Å². The quantitative estimate of drug-likeness (QED) is 0.878. The largest absolute Gasteiger partial charge is 0.355 e. The lowest BCUT2D eigenvalue weighted by molar-refractivity contribution is -0.129. The summed E-state index contributed by atoms with van der Waals surface area (Å²) in [5.74, 6) is -0.144. The highest BCUT2D eigenvalue weighted by molar-refractivity contribution is 7.09. The molecule has 0 aromatic carbocycles. The first-order valence-electron chi connectivity index (χ1n) is 6.53. The second-order valence-electron chi connectivity index (χ2n) is 5.01. The Morgan fingerprint density at radius 3 is 3.00 bits per heavy atom. The summed E-state index contributed by atoms with van der Waals surface area (Å²) in [5, 5.41) is 5.84. The molecule has 0 saturated carbocycles. The Morgan fingerprint density at radius 2 is 2.42 bits per heavy atom. The van der Waals surface area contributed by atoms with Gasteiger partial charge in [-0.2, -0.15) is 0 Å². The summed E-state index contributed by atoms with van der Waals surface area (Å²) in [5.41, 5.74) is 0. The molecule has 0 radical (unpaired) electrons. The van der Waals surface area contributed by atoms with Gasteiger partial charge in [0, 0.05) is 43.5 Å². The number of nitrogens with one attached hydrogen (secondary N) is 1. The molecule has 2 heterocycles. The normalized spacial score (nSPS) is 19.2. The van der Waals surface area contributed by atoms with Crippen LogP contribution in [0.1, 0.15) is 25.3 Å². The Morgan fingerprint density at radius 1 is 1.63 bits per heavy atom. The van der Waals surface area contributed by atoms with Crippen LogP contribution in [-0.4, -0.2) is 40.8 Å². The van der Waals surface area contributed by atoms with E-state index < -0.39 is 0 Å². The molecule has 1 aromatic heterocycles. The number of amides is 2. The molecular formula is C13H19N3O2S. The lowest BCUT2D eigenvalue weighted by Crippen LogP contribution is -2.36. The molecule has 0 spiro atoms. The first-order chi connectivity index (χ1) is 9.08. The third kappa shape index (κ3) is 3.53. The summed E-state index contributed by atoms with van der Waals surface area (Å²) in [6.45, 7) is 5.07. The number of rotatable bonds is 5. The number of aromatic nitrogens is 1. The maximum absolute atomic E-state index is 12.0. The fourth-order valence-electron chi connectivity index (χ4n) is 2.22. The van der Waals surface area contributed by atoms with Crippen molar-refractivity contribution in [1.29, 1.82) is 0 Å². The Kier molecular flexibility index (Phi) is 4.52. The van der Waals surface area contributed by atoms with E-state index >= 15 is 0 Å². The SMILES string of the molecule is CC(C)N1C[C@@H](C(=O)NCCc2nccs2)CC1=O. The zero-order chi connectivity index (χ0) is 13.8. The molecule has 0 bridgehead atoms. The number of thiazole rings is 1. The summed E-state index contributed by atoms with van der Waals surface area (Å²) in [4.78, 5) is 29.6.